The van der Waals surface area contributed by atoms with Crippen molar-refractivity contribution in [3.8, 4) is 5.69 Å². The standard InChI is InChI=1S/C15H16N4O2/c20-14-6-5-11(10-16-14)15(21)18-12-3-1-4-13(9-12)19-8-2-7-17-19/h1-4,7-9,11H,5-6,10H2,(H,16,20)(H,18,21). The minimum absolute atomic E-state index is 0.0136. The lowest BCUT2D eigenvalue weighted by atomic mass is 9.98. The van der Waals surface area contributed by atoms with Gasteiger partial charge in [-0.1, -0.05) is 6.07 Å². The second kappa shape index (κ2) is 5.78. The van der Waals surface area contributed by atoms with Crippen molar-refractivity contribution in [2.24, 2.45) is 5.92 Å². The Bertz CT molecular complexity index is 641. The van der Waals surface area contributed by atoms with Crippen LogP contribution in [0.3, 0.4) is 0 Å². The number of aromatic nitrogens is 2. The second-order valence-corrected chi connectivity index (χ2v) is 5.03. The molecule has 0 aliphatic carbocycles. The first-order valence-electron chi connectivity index (χ1n) is 6.90. The van der Waals surface area contributed by atoms with E-state index in [0.29, 0.717) is 19.4 Å². The Morgan fingerprint density at radius 3 is 3.00 bits per heavy atom. The molecular weight excluding hydrogens is 268 g/mol. The van der Waals surface area contributed by atoms with Gasteiger partial charge in [-0.25, -0.2) is 4.68 Å². The Morgan fingerprint density at radius 2 is 2.29 bits per heavy atom. The van der Waals surface area contributed by atoms with Crippen molar-refractivity contribution < 1.29 is 9.59 Å². The number of anilines is 1. The highest BCUT2D eigenvalue weighted by Gasteiger charge is 2.24. The van der Waals surface area contributed by atoms with Gasteiger partial charge in [-0.05, 0) is 30.7 Å². The maximum Gasteiger partial charge on any atom is 0.229 e. The molecule has 1 aliphatic heterocycles. The number of nitrogens with zero attached hydrogens (tertiary/aromatic N) is 2. The molecule has 6 nitrogen and oxygen atoms in total. The van der Waals surface area contributed by atoms with Crippen molar-refractivity contribution in [3.63, 3.8) is 0 Å². The molecule has 1 aromatic carbocycles. The Hall–Kier alpha value is -2.63. The number of carbonyl (C=O) groups is 2. The summed E-state index contributed by atoms with van der Waals surface area (Å²) in [5, 5.41) is 9.78. The average molecular weight is 284 g/mol. The summed E-state index contributed by atoms with van der Waals surface area (Å²) in [7, 11) is 0. The van der Waals surface area contributed by atoms with Crippen molar-refractivity contribution in [2.75, 3.05) is 11.9 Å². The van der Waals surface area contributed by atoms with Gasteiger partial charge in [-0.15, -0.1) is 0 Å². The summed E-state index contributed by atoms with van der Waals surface area (Å²) in [6.07, 6.45) is 4.55. The third-order valence-corrected chi connectivity index (χ3v) is 3.52. The van der Waals surface area contributed by atoms with Gasteiger partial charge in [0, 0.05) is 31.0 Å². The van der Waals surface area contributed by atoms with Crippen molar-refractivity contribution in [1.29, 1.82) is 0 Å². The van der Waals surface area contributed by atoms with E-state index in [9.17, 15) is 9.59 Å². The number of hydrogen-bond acceptors (Lipinski definition) is 3. The molecule has 1 unspecified atom stereocenters. The van der Waals surface area contributed by atoms with Crippen LogP contribution >= 0.6 is 0 Å². The fraction of sp³-hybridized carbons (Fsp3) is 0.267. The van der Waals surface area contributed by atoms with E-state index in [2.05, 4.69) is 15.7 Å². The topological polar surface area (TPSA) is 76.0 Å². The van der Waals surface area contributed by atoms with E-state index >= 15 is 0 Å². The van der Waals surface area contributed by atoms with E-state index in [1.54, 1.807) is 10.9 Å². The van der Waals surface area contributed by atoms with Crippen molar-refractivity contribution >= 4 is 17.5 Å². The summed E-state index contributed by atoms with van der Waals surface area (Å²) in [6.45, 7) is 0.406. The fourth-order valence-corrected chi connectivity index (χ4v) is 2.35. The molecule has 1 aliphatic rings. The van der Waals surface area contributed by atoms with Gasteiger partial charge in [0.2, 0.25) is 11.8 Å². The van der Waals surface area contributed by atoms with Crippen molar-refractivity contribution in [1.82, 2.24) is 15.1 Å². The number of nitrogens with one attached hydrogen (secondary N) is 2. The van der Waals surface area contributed by atoms with Crippen molar-refractivity contribution in [3.05, 3.63) is 42.7 Å². The molecule has 2 amide bonds. The van der Waals surface area contributed by atoms with Gasteiger partial charge in [0.05, 0.1) is 11.6 Å². The number of benzene rings is 1. The first-order chi connectivity index (χ1) is 10.2. The molecule has 1 atom stereocenters. The monoisotopic (exact) mass is 284 g/mol. The molecule has 6 heteroatoms. The summed E-state index contributed by atoms with van der Waals surface area (Å²) in [6, 6.07) is 9.34. The molecule has 1 fully saturated rings. The van der Waals surface area contributed by atoms with Gasteiger partial charge < -0.3 is 10.6 Å². The largest absolute Gasteiger partial charge is 0.355 e. The molecule has 0 bridgehead atoms. The quantitative estimate of drug-likeness (QED) is 0.893. The Labute approximate surface area is 122 Å². The zero-order chi connectivity index (χ0) is 14.7. The van der Waals surface area contributed by atoms with Crippen LogP contribution in [0.2, 0.25) is 0 Å². The van der Waals surface area contributed by atoms with Crippen LogP contribution in [0.5, 0.6) is 0 Å². The molecule has 108 valence electrons. The molecule has 3 rings (SSSR count). The maximum absolute atomic E-state index is 12.2. The summed E-state index contributed by atoms with van der Waals surface area (Å²) < 4.78 is 1.73. The second-order valence-electron chi connectivity index (χ2n) is 5.03. The highest BCUT2D eigenvalue weighted by molar-refractivity contribution is 5.94. The van der Waals surface area contributed by atoms with Gasteiger partial charge >= 0.3 is 0 Å². The lowest BCUT2D eigenvalue weighted by Gasteiger charge is -2.21. The molecule has 2 aromatic rings. The predicted molar refractivity (Wildman–Crippen MR) is 77.9 cm³/mol. The van der Waals surface area contributed by atoms with E-state index in [4.69, 9.17) is 0 Å². The highest BCUT2D eigenvalue weighted by atomic mass is 16.2. The molecule has 2 N–H and O–H groups in total. The number of hydrogen-bond donors (Lipinski definition) is 2. The molecule has 1 aromatic heterocycles. The van der Waals surface area contributed by atoms with Crippen LogP contribution in [0.4, 0.5) is 5.69 Å². The average Bonchev–Trinajstić information content (AvgIpc) is 3.02. The van der Waals surface area contributed by atoms with Gasteiger partial charge in [-0.2, -0.15) is 5.10 Å². The molecule has 1 saturated heterocycles. The van der Waals surface area contributed by atoms with Crippen LogP contribution in [0, 0.1) is 5.92 Å². The smallest absolute Gasteiger partial charge is 0.229 e. The van der Waals surface area contributed by atoms with Gasteiger partial charge in [0.15, 0.2) is 0 Å². The zero-order valence-corrected chi connectivity index (χ0v) is 11.5. The molecule has 0 spiro atoms. The van der Waals surface area contributed by atoms with Crippen LogP contribution in [0.1, 0.15) is 12.8 Å². The minimum atomic E-state index is -0.170. The summed E-state index contributed by atoms with van der Waals surface area (Å²) >= 11 is 0. The molecular formula is C15H16N4O2. The normalized spacial score (nSPS) is 18.1. The van der Waals surface area contributed by atoms with Gasteiger partial charge in [0.1, 0.15) is 0 Å². The van der Waals surface area contributed by atoms with E-state index in [1.807, 2.05) is 36.5 Å². The van der Waals surface area contributed by atoms with E-state index < -0.39 is 0 Å². The Morgan fingerprint density at radius 1 is 1.38 bits per heavy atom. The molecule has 21 heavy (non-hydrogen) atoms. The summed E-state index contributed by atoms with van der Waals surface area (Å²) in [5.74, 6) is -0.219. The van der Waals surface area contributed by atoms with Crippen LogP contribution in [-0.4, -0.2) is 28.1 Å². The van der Waals surface area contributed by atoms with E-state index in [1.165, 1.54) is 0 Å². The van der Waals surface area contributed by atoms with E-state index in [-0.39, 0.29) is 17.7 Å². The molecule has 0 radical (unpaired) electrons. The maximum atomic E-state index is 12.2. The molecule has 0 saturated carbocycles. The van der Waals surface area contributed by atoms with Crippen LogP contribution < -0.4 is 10.6 Å². The van der Waals surface area contributed by atoms with Crippen LogP contribution in [0.25, 0.3) is 5.69 Å². The van der Waals surface area contributed by atoms with Crippen LogP contribution in [0.15, 0.2) is 42.7 Å². The van der Waals surface area contributed by atoms with Gasteiger partial charge in [-0.3, -0.25) is 9.59 Å². The molecule has 2 heterocycles. The third kappa shape index (κ3) is 3.10. The van der Waals surface area contributed by atoms with Crippen molar-refractivity contribution in [2.45, 2.75) is 12.8 Å². The van der Waals surface area contributed by atoms with Gasteiger partial charge in [0.25, 0.3) is 0 Å². The lowest BCUT2D eigenvalue weighted by molar-refractivity contribution is -0.126. The summed E-state index contributed by atoms with van der Waals surface area (Å²) in [5.41, 5.74) is 1.61. The Kier molecular flexibility index (Phi) is 3.68. The summed E-state index contributed by atoms with van der Waals surface area (Å²) in [4.78, 5) is 23.3. The first kappa shape index (κ1) is 13.4. The number of rotatable bonds is 3. The zero-order valence-electron chi connectivity index (χ0n) is 11.5. The fourth-order valence-electron chi connectivity index (χ4n) is 2.35. The minimum Gasteiger partial charge on any atom is -0.355 e. The third-order valence-electron chi connectivity index (χ3n) is 3.52. The lowest BCUT2D eigenvalue weighted by Crippen LogP contribution is -2.40. The Balaban J connectivity index is 1.69. The number of carbonyl (C=O) groups excluding carboxylic acids is 2. The van der Waals surface area contributed by atoms with E-state index in [0.717, 1.165) is 11.4 Å². The highest BCUT2D eigenvalue weighted by Crippen LogP contribution is 2.17. The first-order valence-corrected chi connectivity index (χ1v) is 6.90. The SMILES string of the molecule is O=C1CCC(C(=O)Nc2cccc(-n3cccn3)c2)CN1. The number of amides is 2. The predicted octanol–water partition coefficient (Wildman–Crippen LogP) is 1.34. The number of piperidine rings is 1. The van der Waals surface area contributed by atoms with Crippen LogP contribution in [-0.2, 0) is 9.59 Å².